The van der Waals surface area contributed by atoms with Crippen molar-refractivity contribution < 1.29 is 14.1 Å². The summed E-state index contributed by atoms with van der Waals surface area (Å²) in [5, 5.41) is 4.13. The molecule has 1 aromatic heterocycles. The van der Waals surface area contributed by atoms with Gasteiger partial charge in [0.05, 0.1) is 13.0 Å². The molecule has 0 radical (unpaired) electrons. The number of rotatable bonds is 6. The number of carbonyl (C=O) groups excluding carboxylic acids is 1. The normalized spacial score (nSPS) is 16.6. The van der Waals surface area contributed by atoms with E-state index < -0.39 is 0 Å². The van der Waals surface area contributed by atoms with Crippen LogP contribution in [0.4, 0.5) is 0 Å². The third-order valence-corrected chi connectivity index (χ3v) is 5.39. The van der Waals surface area contributed by atoms with E-state index in [1.54, 1.807) is 7.11 Å². The van der Waals surface area contributed by atoms with E-state index in [4.69, 9.17) is 9.26 Å². The second-order valence-electron chi connectivity index (χ2n) is 7.72. The summed E-state index contributed by atoms with van der Waals surface area (Å²) in [7, 11) is 1.64. The van der Waals surface area contributed by atoms with Crippen molar-refractivity contribution in [3.8, 4) is 17.1 Å². The molecule has 0 spiro atoms. The van der Waals surface area contributed by atoms with Crippen LogP contribution in [0.25, 0.3) is 11.4 Å². The van der Waals surface area contributed by atoms with E-state index in [1.165, 1.54) is 5.56 Å². The number of ether oxygens (including phenoxy) is 1. The maximum absolute atomic E-state index is 12.5. The van der Waals surface area contributed by atoms with Gasteiger partial charge in [0, 0.05) is 30.6 Å². The fourth-order valence-electron chi connectivity index (χ4n) is 3.66. The maximum Gasteiger partial charge on any atom is 0.232 e. The van der Waals surface area contributed by atoms with Crippen LogP contribution in [0.2, 0.25) is 0 Å². The van der Waals surface area contributed by atoms with Gasteiger partial charge >= 0.3 is 0 Å². The van der Waals surface area contributed by atoms with Gasteiger partial charge in [-0.05, 0) is 17.5 Å². The minimum absolute atomic E-state index is 0.0851. The fourth-order valence-corrected chi connectivity index (χ4v) is 3.66. The summed E-state index contributed by atoms with van der Waals surface area (Å²) in [5.41, 5.74) is 3.17. The average molecular weight is 391 g/mol. The second kappa shape index (κ2) is 8.07. The van der Waals surface area contributed by atoms with Crippen molar-refractivity contribution in [1.29, 1.82) is 0 Å². The molecule has 0 aliphatic carbocycles. The van der Waals surface area contributed by atoms with Crippen molar-refractivity contribution in [2.75, 3.05) is 13.7 Å². The lowest BCUT2D eigenvalue weighted by atomic mass is 10.0. The van der Waals surface area contributed by atoms with Crippen LogP contribution < -0.4 is 4.74 Å². The first-order chi connectivity index (χ1) is 14.0. The zero-order valence-electron chi connectivity index (χ0n) is 17.0. The summed E-state index contributed by atoms with van der Waals surface area (Å²) >= 11 is 0. The number of methoxy groups -OCH3 is 1. The molecule has 0 bridgehead atoms. The molecule has 1 atom stereocenters. The van der Waals surface area contributed by atoms with Gasteiger partial charge in [0.15, 0.2) is 0 Å². The highest BCUT2D eigenvalue weighted by Gasteiger charge is 2.34. The zero-order valence-corrected chi connectivity index (χ0v) is 17.0. The molecule has 150 valence electrons. The molecule has 1 aliphatic heterocycles. The van der Waals surface area contributed by atoms with Crippen LogP contribution >= 0.6 is 0 Å². The summed E-state index contributed by atoms with van der Waals surface area (Å²) in [5.74, 6) is 2.34. The van der Waals surface area contributed by atoms with Crippen LogP contribution in [0.1, 0.15) is 49.1 Å². The molecule has 1 amide bonds. The van der Waals surface area contributed by atoms with Crippen LogP contribution in [0.3, 0.4) is 0 Å². The van der Waals surface area contributed by atoms with Crippen LogP contribution in [-0.2, 0) is 11.3 Å². The Bertz CT molecular complexity index is 995. The lowest BCUT2D eigenvalue weighted by Gasteiger charge is -2.17. The molecule has 6 nitrogen and oxygen atoms in total. The van der Waals surface area contributed by atoms with E-state index in [-0.39, 0.29) is 11.8 Å². The molecule has 1 fully saturated rings. The highest BCUT2D eigenvalue weighted by Crippen LogP contribution is 2.31. The van der Waals surface area contributed by atoms with Crippen molar-refractivity contribution in [3.63, 3.8) is 0 Å². The SMILES string of the molecule is COc1ccccc1CN1CC(c2nc(-c3ccc(C(C)C)cc3)no2)CC1=O. The predicted octanol–water partition coefficient (Wildman–Crippen LogP) is 4.38. The first-order valence-electron chi connectivity index (χ1n) is 9.88. The molecular weight excluding hydrogens is 366 g/mol. The Morgan fingerprint density at radius 2 is 1.93 bits per heavy atom. The van der Waals surface area contributed by atoms with Gasteiger partial charge < -0.3 is 14.2 Å². The lowest BCUT2D eigenvalue weighted by Crippen LogP contribution is -2.24. The molecule has 6 heteroatoms. The number of para-hydroxylation sites is 1. The Morgan fingerprint density at radius 3 is 2.66 bits per heavy atom. The van der Waals surface area contributed by atoms with Gasteiger partial charge in [-0.1, -0.05) is 61.5 Å². The molecule has 1 saturated heterocycles. The first-order valence-corrected chi connectivity index (χ1v) is 9.88. The molecule has 1 aliphatic rings. The van der Waals surface area contributed by atoms with Crippen molar-refractivity contribution in [1.82, 2.24) is 15.0 Å². The summed E-state index contributed by atoms with van der Waals surface area (Å²) in [6, 6.07) is 16.0. The van der Waals surface area contributed by atoms with E-state index in [9.17, 15) is 4.79 Å². The highest BCUT2D eigenvalue weighted by molar-refractivity contribution is 5.79. The van der Waals surface area contributed by atoms with Crippen LogP contribution in [-0.4, -0.2) is 34.6 Å². The molecule has 0 saturated carbocycles. The Balaban J connectivity index is 1.47. The summed E-state index contributed by atoms with van der Waals surface area (Å²) in [6.07, 6.45) is 0.378. The molecule has 2 aromatic carbocycles. The van der Waals surface area contributed by atoms with E-state index in [2.05, 4.69) is 36.1 Å². The third-order valence-electron chi connectivity index (χ3n) is 5.39. The fraction of sp³-hybridized carbons (Fsp3) is 0.348. The van der Waals surface area contributed by atoms with Gasteiger partial charge in [0.2, 0.25) is 17.6 Å². The van der Waals surface area contributed by atoms with Crippen LogP contribution in [0, 0.1) is 0 Å². The zero-order chi connectivity index (χ0) is 20.4. The highest BCUT2D eigenvalue weighted by atomic mass is 16.5. The van der Waals surface area contributed by atoms with E-state index in [0.717, 1.165) is 16.9 Å². The van der Waals surface area contributed by atoms with Gasteiger partial charge in [0.1, 0.15) is 5.75 Å². The van der Waals surface area contributed by atoms with Gasteiger partial charge in [-0.25, -0.2) is 0 Å². The van der Waals surface area contributed by atoms with Crippen molar-refractivity contribution in [2.45, 2.75) is 38.6 Å². The van der Waals surface area contributed by atoms with Gasteiger partial charge in [-0.15, -0.1) is 0 Å². The largest absolute Gasteiger partial charge is 0.496 e. The Labute approximate surface area is 170 Å². The van der Waals surface area contributed by atoms with Crippen LogP contribution in [0.15, 0.2) is 53.1 Å². The molecule has 29 heavy (non-hydrogen) atoms. The van der Waals surface area contributed by atoms with E-state index in [0.29, 0.717) is 37.1 Å². The standard InChI is InChI=1S/C23H25N3O3/c1-15(2)16-8-10-17(11-9-16)22-24-23(29-25-22)19-12-21(27)26(14-19)13-18-6-4-5-7-20(18)28-3/h4-11,15,19H,12-14H2,1-3H3. The first kappa shape index (κ1) is 19.2. The van der Waals surface area contributed by atoms with Crippen LogP contribution in [0.5, 0.6) is 5.75 Å². The smallest absolute Gasteiger partial charge is 0.232 e. The number of likely N-dealkylation sites (tertiary alicyclic amines) is 1. The molecule has 0 N–H and O–H groups in total. The average Bonchev–Trinajstić information content (AvgIpc) is 3.36. The number of hydrogen-bond donors (Lipinski definition) is 0. The maximum atomic E-state index is 12.5. The van der Waals surface area contributed by atoms with E-state index in [1.807, 2.05) is 41.3 Å². The second-order valence-corrected chi connectivity index (χ2v) is 7.72. The minimum Gasteiger partial charge on any atom is -0.496 e. The topological polar surface area (TPSA) is 68.5 Å². The molecule has 1 unspecified atom stereocenters. The molecule has 4 rings (SSSR count). The number of hydrogen-bond acceptors (Lipinski definition) is 5. The van der Waals surface area contributed by atoms with Crippen molar-refractivity contribution in [2.24, 2.45) is 0 Å². The summed E-state index contributed by atoms with van der Waals surface area (Å²) < 4.78 is 10.9. The summed E-state index contributed by atoms with van der Waals surface area (Å²) in [4.78, 5) is 18.9. The molecule has 3 aromatic rings. The van der Waals surface area contributed by atoms with Crippen molar-refractivity contribution >= 4 is 5.91 Å². The molecule has 2 heterocycles. The quantitative estimate of drug-likeness (QED) is 0.624. The minimum atomic E-state index is -0.0894. The van der Waals surface area contributed by atoms with Gasteiger partial charge in [-0.3, -0.25) is 4.79 Å². The number of nitrogens with zero attached hydrogens (tertiary/aromatic N) is 3. The van der Waals surface area contributed by atoms with Crippen molar-refractivity contribution in [3.05, 3.63) is 65.5 Å². The number of amides is 1. The van der Waals surface area contributed by atoms with E-state index >= 15 is 0 Å². The molecular formula is C23H25N3O3. The number of benzene rings is 2. The number of carbonyl (C=O) groups is 1. The Hall–Kier alpha value is -3.15. The predicted molar refractivity (Wildman–Crippen MR) is 110 cm³/mol. The summed E-state index contributed by atoms with van der Waals surface area (Å²) in [6.45, 7) is 5.40. The third kappa shape index (κ3) is 4.01. The Kier molecular flexibility index (Phi) is 5.34. The van der Waals surface area contributed by atoms with Gasteiger partial charge in [0.25, 0.3) is 0 Å². The number of aromatic nitrogens is 2. The Morgan fingerprint density at radius 1 is 1.17 bits per heavy atom. The monoisotopic (exact) mass is 391 g/mol. The lowest BCUT2D eigenvalue weighted by molar-refractivity contribution is -0.128. The van der Waals surface area contributed by atoms with Gasteiger partial charge in [-0.2, -0.15) is 4.98 Å².